The van der Waals surface area contributed by atoms with E-state index in [1.165, 1.54) is 0 Å². The Kier molecular flexibility index (Phi) is 11.3. The van der Waals surface area contributed by atoms with E-state index in [9.17, 15) is 9.59 Å². The number of carbonyl (C=O) groups is 2. The Labute approximate surface area is 246 Å². The second-order valence-electron chi connectivity index (χ2n) is 9.93. The maximum absolute atomic E-state index is 10.7. The van der Waals surface area contributed by atoms with E-state index in [-0.39, 0.29) is 12.8 Å². The van der Waals surface area contributed by atoms with Crippen LogP contribution >= 0.6 is 0 Å². The molecule has 0 aliphatic heterocycles. The number of rotatable bonds is 16. The van der Waals surface area contributed by atoms with E-state index in [1.54, 1.807) is 0 Å². The summed E-state index contributed by atoms with van der Waals surface area (Å²) in [5.74, 6) is -0.0897. The van der Waals surface area contributed by atoms with Crippen LogP contribution in [0.5, 0.6) is 11.5 Å². The normalized spacial score (nSPS) is 11.4. The van der Waals surface area contributed by atoms with Crippen LogP contribution in [-0.2, 0) is 9.59 Å². The fourth-order valence-electron chi connectivity index (χ4n) is 4.69. The van der Waals surface area contributed by atoms with E-state index in [2.05, 4.69) is 48.5 Å². The number of hydrogen-bond acceptors (Lipinski definition) is 4. The molecule has 0 amide bonds. The second kappa shape index (κ2) is 15.8. The summed E-state index contributed by atoms with van der Waals surface area (Å²) in [5, 5.41) is 17.7. The molecule has 0 aliphatic rings. The lowest BCUT2D eigenvalue weighted by molar-refractivity contribution is -0.138. The van der Waals surface area contributed by atoms with Crippen molar-refractivity contribution in [3.8, 4) is 11.5 Å². The van der Waals surface area contributed by atoms with Gasteiger partial charge in [-0.1, -0.05) is 84.9 Å². The summed E-state index contributed by atoms with van der Waals surface area (Å²) in [7, 11) is 0. The average molecular weight is 565 g/mol. The van der Waals surface area contributed by atoms with Crippen molar-refractivity contribution in [3.05, 3.63) is 131 Å². The van der Waals surface area contributed by atoms with Crippen molar-refractivity contribution in [1.82, 2.24) is 0 Å². The third-order valence-corrected chi connectivity index (χ3v) is 6.77. The lowest BCUT2D eigenvalue weighted by Gasteiger charge is -2.19. The topological polar surface area (TPSA) is 93.1 Å². The van der Waals surface area contributed by atoms with Crippen molar-refractivity contribution in [2.75, 3.05) is 13.2 Å². The van der Waals surface area contributed by atoms with Gasteiger partial charge in [0, 0.05) is 12.8 Å². The molecule has 0 bridgehead atoms. The van der Waals surface area contributed by atoms with Gasteiger partial charge in [0.1, 0.15) is 11.5 Å². The van der Waals surface area contributed by atoms with Crippen LogP contribution < -0.4 is 9.47 Å². The van der Waals surface area contributed by atoms with Gasteiger partial charge in [0.25, 0.3) is 0 Å². The quantitative estimate of drug-likeness (QED) is 0.106. The SMILES string of the molecule is O=C(O)CCCCOc1ccc(/C(=C(\c2ccccc2)c2ccc(OCCCCC(=O)O)cc2)c2ccccc2)cc1. The molecule has 6 heteroatoms. The standard InChI is InChI=1S/C36H36O6/c37-33(38)15-7-9-25-41-31-21-17-29(18-22-31)35(27-11-3-1-4-12-27)36(28-13-5-2-6-14-28)30-19-23-32(24-20-30)42-26-10-8-16-34(39)40/h1-6,11-14,17-24H,7-10,15-16,25-26H2,(H,37,38)(H,39,40)/b36-35+. The number of unbranched alkanes of at least 4 members (excludes halogenated alkanes) is 2. The highest BCUT2D eigenvalue weighted by atomic mass is 16.5. The Morgan fingerprint density at radius 2 is 0.786 bits per heavy atom. The molecule has 4 aromatic rings. The minimum atomic E-state index is -0.788. The van der Waals surface area contributed by atoms with Crippen LogP contribution in [0, 0.1) is 0 Å². The third kappa shape index (κ3) is 9.10. The van der Waals surface area contributed by atoms with Crippen LogP contribution in [0.15, 0.2) is 109 Å². The number of carboxylic acids is 2. The maximum Gasteiger partial charge on any atom is 0.303 e. The fourth-order valence-corrected chi connectivity index (χ4v) is 4.69. The molecule has 0 heterocycles. The van der Waals surface area contributed by atoms with Crippen molar-refractivity contribution in [1.29, 1.82) is 0 Å². The molecule has 2 N–H and O–H groups in total. The number of hydrogen-bond donors (Lipinski definition) is 2. The van der Waals surface area contributed by atoms with Gasteiger partial charge in [-0.25, -0.2) is 0 Å². The van der Waals surface area contributed by atoms with Gasteiger partial charge in [0.2, 0.25) is 0 Å². The van der Waals surface area contributed by atoms with Gasteiger partial charge < -0.3 is 19.7 Å². The molecule has 0 spiro atoms. The molecule has 0 aromatic heterocycles. The van der Waals surface area contributed by atoms with E-state index in [4.69, 9.17) is 19.7 Å². The van der Waals surface area contributed by atoms with Crippen LogP contribution in [0.2, 0.25) is 0 Å². The molecule has 216 valence electrons. The Balaban J connectivity index is 1.65. The van der Waals surface area contributed by atoms with E-state index in [1.807, 2.05) is 60.7 Å². The molecule has 4 rings (SSSR count). The van der Waals surface area contributed by atoms with Crippen LogP contribution in [0.3, 0.4) is 0 Å². The zero-order valence-electron chi connectivity index (χ0n) is 23.6. The van der Waals surface area contributed by atoms with Gasteiger partial charge in [-0.3, -0.25) is 9.59 Å². The highest BCUT2D eigenvalue weighted by Crippen LogP contribution is 2.37. The Morgan fingerprint density at radius 3 is 1.12 bits per heavy atom. The van der Waals surface area contributed by atoms with Crippen LogP contribution in [0.1, 0.15) is 60.8 Å². The summed E-state index contributed by atoms with van der Waals surface area (Å²) in [4.78, 5) is 21.5. The number of aliphatic carboxylic acids is 2. The Bertz CT molecular complexity index is 1330. The predicted octanol–water partition coefficient (Wildman–Crippen LogP) is 7.96. The predicted molar refractivity (Wildman–Crippen MR) is 165 cm³/mol. The largest absolute Gasteiger partial charge is 0.494 e. The molecule has 4 aromatic carbocycles. The third-order valence-electron chi connectivity index (χ3n) is 6.77. The van der Waals surface area contributed by atoms with Gasteiger partial charge in [0.05, 0.1) is 13.2 Å². The monoisotopic (exact) mass is 564 g/mol. The summed E-state index contributed by atoms with van der Waals surface area (Å²) in [6, 6.07) is 36.7. The summed E-state index contributed by atoms with van der Waals surface area (Å²) in [5.41, 5.74) is 6.40. The van der Waals surface area contributed by atoms with Crippen molar-refractivity contribution in [2.24, 2.45) is 0 Å². The molecular formula is C36H36O6. The summed E-state index contributed by atoms with van der Waals surface area (Å²) >= 11 is 0. The molecule has 0 saturated carbocycles. The highest BCUT2D eigenvalue weighted by molar-refractivity contribution is 6.04. The molecule has 6 nitrogen and oxygen atoms in total. The number of carboxylic acid groups (broad SMARTS) is 2. The van der Waals surface area contributed by atoms with Gasteiger partial charge in [-0.15, -0.1) is 0 Å². The first-order chi connectivity index (χ1) is 20.5. The van der Waals surface area contributed by atoms with Crippen LogP contribution in [-0.4, -0.2) is 35.4 Å². The van der Waals surface area contributed by atoms with Crippen molar-refractivity contribution >= 4 is 23.1 Å². The first kappa shape index (κ1) is 30.1. The lowest BCUT2D eigenvalue weighted by Crippen LogP contribution is -2.01. The lowest BCUT2D eigenvalue weighted by atomic mass is 9.86. The molecule has 0 radical (unpaired) electrons. The molecule has 0 fully saturated rings. The summed E-state index contributed by atoms with van der Waals surface area (Å²) in [6.45, 7) is 0.939. The zero-order chi connectivity index (χ0) is 29.6. The number of benzene rings is 4. The molecular weight excluding hydrogens is 528 g/mol. The second-order valence-corrected chi connectivity index (χ2v) is 9.93. The van der Waals surface area contributed by atoms with Gasteiger partial charge in [-0.05, 0) is 83.3 Å². The zero-order valence-corrected chi connectivity index (χ0v) is 23.6. The Hall–Kier alpha value is -4.84. The number of ether oxygens (including phenoxy) is 2. The smallest absolute Gasteiger partial charge is 0.303 e. The van der Waals surface area contributed by atoms with E-state index in [0.29, 0.717) is 38.9 Å². The van der Waals surface area contributed by atoms with Crippen LogP contribution in [0.25, 0.3) is 11.1 Å². The van der Waals surface area contributed by atoms with Crippen molar-refractivity contribution in [3.63, 3.8) is 0 Å². The molecule has 42 heavy (non-hydrogen) atoms. The van der Waals surface area contributed by atoms with E-state index >= 15 is 0 Å². The molecule has 0 saturated heterocycles. The fraction of sp³-hybridized carbons (Fsp3) is 0.222. The van der Waals surface area contributed by atoms with Gasteiger partial charge >= 0.3 is 11.9 Å². The minimum absolute atomic E-state index is 0.148. The average Bonchev–Trinajstić information content (AvgIpc) is 3.01. The molecule has 0 unspecified atom stereocenters. The Morgan fingerprint density at radius 1 is 0.452 bits per heavy atom. The van der Waals surface area contributed by atoms with Crippen LogP contribution in [0.4, 0.5) is 0 Å². The van der Waals surface area contributed by atoms with E-state index in [0.717, 1.165) is 44.9 Å². The van der Waals surface area contributed by atoms with E-state index < -0.39 is 11.9 Å². The summed E-state index contributed by atoms with van der Waals surface area (Å²) < 4.78 is 11.8. The first-order valence-electron chi connectivity index (χ1n) is 14.3. The van der Waals surface area contributed by atoms with Crippen molar-refractivity contribution in [2.45, 2.75) is 38.5 Å². The highest BCUT2D eigenvalue weighted by Gasteiger charge is 2.16. The first-order valence-corrected chi connectivity index (χ1v) is 14.3. The molecule has 0 aliphatic carbocycles. The molecule has 0 atom stereocenters. The van der Waals surface area contributed by atoms with Gasteiger partial charge in [-0.2, -0.15) is 0 Å². The van der Waals surface area contributed by atoms with Gasteiger partial charge in [0.15, 0.2) is 0 Å². The maximum atomic E-state index is 10.7. The summed E-state index contributed by atoms with van der Waals surface area (Å²) in [6.07, 6.45) is 2.84. The minimum Gasteiger partial charge on any atom is -0.494 e. The van der Waals surface area contributed by atoms with Crippen molar-refractivity contribution < 1.29 is 29.3 Å².